The number of hydrogen-bond acceptors (Lipinski definition) is 4. The number of H-pyrrole nitrogens is 1. The molecule has 114 valence electrons. The van der Waals surface area contributed by atoms with Crippen molar-refractivity contribution >= 4 is 21.8 Å². The van der Waals surface area contributed by atoms with Crippen LogP contribution in [0.2, 0.25) is 0 Å². The molecule has 5 nitrogen and oxygen atoms in total. The molecule has 2 aromatic heterocycles. The minimum Gasteiger partial charge on any atom is -0.497 e. The first-order chi connectivity index (χ1) is 11.3. The molecule has 0 atom stereocenters. The van der Waals surface area contributed by atoms with Crippen LogP contribution in [0, 0.1) is 0 Å². The van der Waals surface area contributed by atoms with Crippen LogP contribution in [0.5, 0.6) is 11.5 Å². The number of aromatic nitrogens is 3. The van der Waals surface area contributed by atoms with E-state index < -0.39 is 0 Å². The average molecular weight is 305 g/mol. The van der Waals surface area contributed by atoms with E-state index in [-0.39, 0.29) is 0 Å². The fourth-order valence-corrected chi connectivity index (χ4v) is 2.88. The summed E-state index contributed by atoms with van der Waals surface area (Å²) in [5.41, 5.74) is 3.72. The molecule has 0 fully saturated rings. The summed E-state index contributed by atoms with van der Waals surface area (Å²) in [6.07, 6.45) is 3.54. The van der Waals surface area contributed by atoms with Crippen LogP contribution in [0.4, 0.5) is 0 Å². The van der Waals surface area contributed by atoms with Gasteiger partial charge in [0.2, 0.25) is 0 Å². The van der Waals surface area contributed by atoms with Gasteiger partial charge >= 0.3 is 0 Å². The number of methoxy groups -OCH3 is 2. The number of benzene rings is 2. The van der Waals surface area contributed by atoms with Crippen LogP contribution in [-0.4, -0.2) is 29.2 Å². The lowest BCUT2D eigenvalue weighted by molar-refractivity contribution is 0.398. The van der Waals surface area contributed by atoms with Crippen LogP contribution in [0.3, 0.4) is 0 Å². The normalized spacial score (nSPS) is 11.0. The Bertz CT molecular complexity index is 1010. The van der Waals surface area contributed by atoms with Gasteiger partial charge in [-0.2, -0.15) is 0 Å². The number of fused-ring (bicyclic) bond motifs is 2. The lowest BCUT2D eigenvalue weighted by Gasteiger charge is -2.11. The Hall–Kier alpha value is -3.08. The van der Waals surface area contributed by atoms with Crippen molar-refractivity contribution in [2.45, 2.75) is 0 Å². The summed E-state index contributed by atoms with van der Waals surface area (Å²) in [6.45, 7) is 0. The van der Waals surface area contributed by atoms with Crippen molar-refractivity contribution < 1.29 is 9.47 Å². The van der Waals surface area contributed by atoms with E-state index >= 15 is 0 Å². The SMILES string of the molecule is COc1cc(OC)c2c(-c3c[nH]c4ccccc34)ncnc2c1. The fourth-order valence-electron chi connectivity index (χ4n) is 2.88. The molecule has 23 heavy (non-hydrogen) atoms. The highest BCUT2D eigenvalue weighted by molar-refractivity contribution is 6.05. The zero-order chi connectivity index (χ0) is 15.8. The summed E-state index contributed by atoms with van der Waals surface area (Å²) in [5, 5.41) is 1.99. The maximum absolute atomic E-state index is 5.55. The first-order valence-corrected chi connectivity index (χ1v) is 7.25. The molecule has 0 bridgehead atoms. The molecule has 0 radical (unpaired) electrons. The smallest absolute Gasteiger partial charge is 0.134 e. The van der Waals surface area contributed by atoms with Gasteiger partial charge in [0.1, 0.15) is 17.8 Å². The van der Waals surface area contributed by atoms with E-state index in [1.54, 1.807) is 20.5 Å². The molecule has 0 saturated heterocycles. The maximum Gasteiger partial charge on any atom is 0.134 e. The van der Waals surface area contributed by atoms with E-state index in [0.29, 0.717) is 11.5 Å². The van der Waals surface area contributed by atoms with Crippen molar-refractivity contribution in [2.24, 2.45) is 0 Å². The van der Waals surface area contributed by atoms with Gasteiger partial charge in [-0.05, 0) is 6.07 Å². The number of aromatic amines is 1. The van der Waals surface area contributed by atoms with E-state index in [1.807, 2.05) is 36.5 Å². The summed E-state index contributed by atoms with van der Waals surface area (Å²) >= 11 is 0. The minimum absolute atomic E-state index is 0.695. The highest BCUT2D eigenvalue weighted by Gasteiger charge is 2.16. The van der Waals surface area contributed by atoms with Crippen LogP contribution in [0.1, 0.15) is 0 Å². The number of hydrogen-bond donors (Lipinski definition) is 1. The summed E-state index contributed by atoms with van der Waals surface area (Å²) in [4.78, 5) is 12.2. The Kier molecular flexibility index (Phi) is 3.12. The van der Waals surface area contributed by atoms with E-state index in [9.17, 15) is 0 Å². The average Bonchev–Trinajstić information content (AvgIpc) is 3.04. The standard InChI is InChI=1S/C18H15N3O2/c1-22-11-7-15-17(16(8-11)23-2)18(21-10-20-15)13-9-19-14-6-4-3-5-12(13)14/h3-10,19H,1-2H3. The Labute approximate surface area is 132 Å². The van der Waals surface area contributed by atoms with Gasteiger partial charge in [-0.15, -0.1) is 0 Å². The molecule has 0 aliphatic rings. The van der Waals surface area contributed by atoms with Gasteiger partial charge in [0.05, 0.1) is 30.8 Å². The van der Waals surface area contributed by atoms with Crippen molar-refractivity contribution in [3.8, 4) is 22.8 Å². The Morgan fingerprint density at radius 1 is 1.00 bits per heavy atom. The molecule has 4 rings (SSSR count). The second-order valence-electron chi connectivity index (χ2n) is 5.19. The van der Waals surface area contributed by atoms with Crippen LogP contribution in [0.25, 0.3) is 33.1 Å². The van der Waals surface area contributed by atoms with Gasteiger partial charge in [0.15, 0.2) is 0 Å². The van der Waals surface area contributed by atoms with Crippen LogP contribution in [-0.2, 0) is 0 Å². The first kappa shape index (κ1) is 13.6. The van der Waals surface area contributed by atoms with Gasteiger partial charge in [-0.25, -0.2) is 9.97 Å². The lowest BCUT2D eigenvalue weighted by atomic mass is 10.0. The molecular weight excluding hydrogens is 290 g/mol. The predicted molar refractivity (Wildman–Crippen MR) is 89.9 cm³/mol. The third-order valence-corrected chi connectivity index (χ3v) is 3.98. The van der Waals surface area contributed by atoms with Crippen LogP contribution < -0.4 is 9.47 Å². The molecule has 0 amide bonds. The molecular formula is C18H15N3O2. The van der Waals surface area contributed by atoms with Crippen LogP contribution in [0.15, 0.2) is 48.9 Å². The van der Waals surface area contributed by atoms with E-state index in [4.69, 9.17) is 9.47 Å². The maximum atomic E-state index is 5.55. The number of para-hydroxylation sites is 1. The van der Waals surface area contributed by atoms with Crippen molar-refractivity contribution in [1.82, 2.24) is 15.0 Å². The second-order valence-corrected chi connectivity index (χ2v) is 5.19. The molecule has 2 heterocycles. The predicted octanol–water partition coefficient (Wildman–Crippen LogP) is 3.80. The molecule has 1 N–H and O–H groups in total. The molecule has 2 aromatic carbocycles. The van der Waals surface area contributed by atoms with Crippen molar-refractivity contribution in [3.05, 3.63) is 48.9 Å². The Balaban J connectivity index is 2.08. The van der Waals surface area contributed by atoms with Gasteiger partial charge < -0.3 is 14.5 Å². The Morgan fingerprint density at radius 2 is 1.87 bits per heavy atom. The van der Waals surface area contributed by atoms with Gasteiger partial charge in [-0.1, -0.05) is 18.2 Å². The second kappa shape index (κ2) is 5.28. The van der Waals surface area contributed by atoms with E-state index in [1.165, 1.54) is 0 Å². The molecule has 4 aromatic rings. The van der Waals surface area contributed by atoms with Crippen molar-refractivity contribution in [2.75, 3.05) is 14.2 Å². The molecule has 5 heteroatoms. The summed E-state index contributed by atoms with van der Waals surface area (Å²) in [7, 11) is 3.27. The number of rotatable bonds is 3. The zero-order valence-corrected chi connectivity index (χ0v) is 12.8. The summed E-state index contributed by atoms with van der Waals surface area (Å²) in [6, 6.07) is 11.9. The largest absolute Gasteiger partial charge is 0.497 e. The number of nitrogens with zero attached hydrogens (tertiary/aromatic N) is 2. The quantitative estimate of drug-likeness (QED) is 0.625. The third kappa shape index (κ3) is 2.09. The Morgan fingerprint density at radius 3 is 2.70 bits per heavy atom. The third-order valence-electron chi connectivity index (χ3n) is 3.98. The highest BCUT2D eigenvalue weighted by atomic mass is 16.5. The first-order valence-electron chi connectivity index (χ1n) is 7.25. The molecule has 0 spiro atoms. The van der Waals surface area contributed by atoms with Crippen LogP contribution >= 0.6 is 0 Å². The molecule has 0 saturated carbocycles. The monoisotopic (exact) mass is 305 g/mol. The summed E-state index contributed by atoms with van der Waals surface area (Å²) in [5.74, 6) is 1.40. The minimum atomic E-state index is 0.695. The number of nitrogens with one attached hydrogen (secondary N) is 1. The highest BCUT2D eigenvalue weighted by Crippen LogP contribution is 2.38. The van der Waals surface area contributed by atoms with E-state index in [2.05, 4.69) is 21.0 Å². The lowest BCUT2D eigenvalue weighted by Crippen LogP contribution is -1.94. The molecule has 0 aliphatic carbocycles. The fraction of sp³-hybridized carbons (Fsp3) is 0.111. The summed E-state index contributed by atoms with van der Waals surface area (Å²) < 4.78 is 10.9. The number of ether oxygens (including phenoxy) is 2. The van der Waals surface area contributed by atoms with Crippen molar-refractivity contribution in [3.63, 3.8) is 0 Å². The van der Waals surface area contributed by atoms with E-state index in [0.717, 1.165) is 33.1 Å². The van der Waals surface area contributed by atoms with Gasteiger partial charge in [0.25, 0.3) is 0 Å². The zero-order valence-electron chi connectivity index (χ0n) is 12.8. The molecule has 0 unspecified atom stereocenters. The van der Waals surface area contributed by atoms with Gasteiger partial charge in [0, 0.05) is 34.8 Å². The van der Waals surface area contributed by atoms with Gasteiger partial charge in [-0.3, -0.25) is 0 Å². The molecule has 0 aliphatic heterocycles. The topological polar surface area (TPSA) is 60.0 Å². The van der Waals surface area contributed by atoms with Crippen molar-refractivity contribution in [1.29, 1.82) is 0 Å².